The number of nitrogens with two attached hydrogens (primary N) is 1. The molecule has 1 aromatic rings. The van der Waals surface area contributed by atoms with E-state index in [1.54, 1.807) is 12.1 Å². The zero-order valence-electron chi connectivity index (χ0n) is 10.9. The highest BCUT2D eigenvalue weighted by Gasteiger charge is 2.16. The average molecular weight is 254 g/mol. The highest BCUT2D eigenvalue weighted by molar-refractivity contribution is 5.72. The van der Waals surface area contributed by atoms with E-state index in [9.17, 15) is 4.79 Å². The van der Waals surface area contributed by atoms with Crippen LogP contribution in [0.5, 0.6) is 17.2 Å². The molecule has 3 N–H and O–H groups in total. The van der Waals surface area contributed by atoms with Crippen molar-refractivity contribution in [2.75, 3.05) is 21.3 Å². The topological polar surface area (TPSA) is 82.8 Å². The van der Waals surface area contributed by atoms with Gasteiger partial charge in [0.05, 0.1) is 27.4 Å². The SMILES string of the molecule is COc1cc(C(C)NC(N)=O)cc(OC)c1OC. The number of primary amides is 1. The van der Waals surface area contributed by atoms with Crippen molar-refractivity contribution in [1.82, 2.24) is 5.32 Å². The molecule has 100 valence electrons. The van der Waals surface area contributed by atoms with E-state index in [-0.39, 0.29) is 6.04 Å². The highest BCUT2D eigenvalue weighted by Crippen LogP contribution is 2.39. The number of amides is 2. The maximum absolute atomic E-state index is 10.8. The average Bonchev–Trinajstić information content (AvgIpc) is 2.35. The smallest absolute Gasteiger partial charge is 0.312 e. The van der Waals surface area contributed by atoms with Crippen LogP contribution >= 0.6 is 0 Å². The normalized spacial score (nSPS) is 11.6. The van der Waals surface area contributed by atoms with Gasteiger partial charge >= 0.3 is 6.03 Å². The molecule has 0 radical (unpaired) electrons. The van der Waals surface area contributed by atoms with E-state index in [0.717, 1.165) is 5.56 Å². The van der Waals surface area contributed by atoms with Crippen molar-refractivity contribution in [1.29, 1.82) is 0 Å². The fourth-order valence-corrected chi connectivity index (χ4v) is 1.65. The summed E-state index contributed by atoms with van der Waals surface area (Å²) in [5.74, 6) is 1.57. The second-order valence-corrected chi connectivity index (χ2v) is 3.69. The zero-order chi connectivity index (χ0) is 13.7. The number of rotatable bonds is 5. The Morgan fingerprint density at radius 3 is 2.00 bits per heavy atom. The third-order valence-corrected chi connectivity index (χ3v) is 2.55. The molecule has 18 heavy (non-hydrogen) atoms. The van der Waals surface area contributed by atoms with Gasteiger partial charge in [0.2, 0.25) is 5.75 Å². The first-order valence-electron chi connectivity index (χ1n) is 5.39. The standard InChI is InChI=1S/C12H18N2O4/c1-7(14-12(13)15)8-5-9(16-2)11(18-4)10(6-8)17-3/h5-7H,1-4H3,(H3,13,14,15). The lowest BCUT2D eigenvalue weighted by molar-refractivity contribution is 0.246. The number of carbonyl (C=O) groups is 1. The summed E-state index contributed by atoms with van der Waals surface area (Å²) in [5.41, 5.74) is 5.90. The summed E-state index contributed by atoms with van der Waals surface area (Å²) in [7, 11) is 4.60. The van der Waals surface area contributed by atoms with Crippen LogP contribution in [0.4, 0.5) is 4.79 Å². The van der Waals surface area contributed by atoms with Gasteiger partial charge < -0.3 is 25.3 Å². The van der Waals surface area contributed by atoms with E-state index in [0.29, 0.717) is 17.2 Å². The quantitative estimate of drug-likeness (QED) is 0.833. The van der Waals surface area contributed by atoms with Crippen LogP contribution in [0.1, 0.15) is 18.5 Å². The summed E-state index contributed by atoms with van der Waals surface area (Å²) in [6, 6.07) is 2.69. The number of hydrogen-bond acceptors (Lipinski definition) is 4. The van der Waals surface area contributed by atoms with Crippen LogP contribution < -0.4 is 25.3 Å². The van der Waals surface area contributed by atoms with Crippen molar-refractivity contribution >= 4 is 6.03 Å². The van der Waals surface area contributed by atoms with Gasteiger partial charge in [0.15, 0.2) is 11.5 Å². The fourth-order valence-electron chi connectivity index (χ4n) is 1.65. The van der Waals surface area contributed by atoms with E-state index < -0.39 is 6.03 Å². The Morgan fingerprint density at radius 1 is 1.17 bits per heavy atom. The van der Waals surface area contributed by atoms with Gasteiger partial charge in [-0.2, -0.15) is 0 Å². The Bertz CT molecular complexity index is 409. The molecule has 0 saturated carbocycles. The molecule has 2 amide bonds. The number of carbonyl (C=O) groups excluding carboxylic acids is 1. The molecule has 0 spiro atoms. The third kappa shape index (κ3) is 2.97. The number of benzene rings is 1. The summed E-state index contributed by atoms with van der Waals surface area (Å²) >= 11 is 0. The third-order valence-electron chi connectivity index (χ3n) is 2.55. The molecule has 0 aliphatic rings. The summed E-state index contributed by atoms with van der Waals surface area (Å²) in [5, 5.41) is 2.59. The molecule has 1 rings (SSSR count). The number of hydrogen-bond donors (Lipinski definition) is 2. The number of methoxy groups -OCH3 is 3. The summed E-state index contributed by atoms with van der Waals surface area (Å²) < 4.78 is 15.7. The predicted molar refractivity (Wildman–Crippen MR) is 67.2 cm³/mol. The van der Waals surface area contributed by atoms with E-state index in [4.69, 9.17) is 19.9 Å². The number of nitrogens with one attached hydrogen (secondary N) is 1. The van der Waals surface area contributed by atoms with Crippen LogP contribution in [0.25, 0.3) is 0 Å². The Balaban J connectivity index is 3.18. The lowest BCUT2D eigenvalue weighted by Crippen LogP contribution is -2.31. The molecular formula is C12H18N2O4. The molecule has 0 fully saturated rings. The van der Waals surface area contributed by atoms with Crippen LogP contribution in [0.15, 0.2) is 12.1 Å². The number of urea groups is 1. The van der Waals surface area contributed by atoms with E-state index in [2.05, 4.69) is 5.32 Å². The van der Waals surface area contributed by atoms with Gasteiger partial charge in [-0.25, -0.2) is 4.79 Å². The Kier molecular flexibility index (Phi) is 4.65. The van der Waals surface area contributed by atoms with E-state index >= 15 is 0 Å². The second-order valence-electron chi connectivity index (χ2n) is 3.69. The monoisotopic (exact) mass is 254 g/mol. The lowest BCUT2D eigenvalue weighted by Gasteiger charge is -2.17. The van der Waals surface area contributed by atoms with Gasteiger partial charge in [-0.15, -0.1) is 0 Å². The van der Waals surface area contributed by atoms with E-state index in [1.807, 2.05) is 6.92 Å². The van der Waals surface area contributed by atoms with Gasteiger partial charge in [0.25, 0.3) is 0 Å². The molecule has 6 heteroatoms. The summed E-state index contributed by atoms with van der Waals surface area (Å²) in [6.07, 6.45) is 0. The number of ether oxygens (including phenoxy) is 3. The minimum Gasteiger partial charge on any atom is -0.493 e. The van der Waals surface area contributed by atoms with Crippen LogP contribution in [-0.2, 0) is 0 Å². The molecule has 1 atom stereocenters. The molecule has 1 aromatic carbocycles. The Hall–Kier alpha value is -2.11. The molecule has 0 aromatic heterocycles. The van der Waals surface area contributed by atoms with Crippen LogP contribution in [0.3, 0.4) is 0 Å². The van der Waals surface area contributed by atoms with Crippen LogP contribution in [0, 0.1) is 0 Å². The van der Waals surface area contributed by atoms with Gasteiger partial charge in [-0.1, -0.05) is 0 Å². The second kappa shape index (κ2) is 6.00. The van der Waals surface area contributed by atoms with Gasteiger partial charge in [-0.05, 0) is 24.6 Å². The first-order valence-corrected chi connectivity index (χ1v) is 5.39. The molecule has 0 aliphatic carbocycles. The summed E-state index contributed by atoms with van der Waals surface area (Å²) in [4.78, 5) is 10.8. The predicted octanol–water partition coefficient (Wildman–Crippen LogP) is 1.44. The molecular weight excluding hydrogens is 236 g/mol. The highest BCUT2D eigenvalue weighted by atomic mass is 16.5. The minimum atomic E-state index is -0.587. The van der Waals surface area contributed by atoms with Gasteiger partial charge in [0.1, 0.15) is 0 Å². The lowest BCUT2D eigenvalue weighted by atomic mass is 10.1. The first-order chi connectivity index (χ1) is 8.53. The molecule has 0 saturated heterocycles. The molecule has 0 bridgehead atoms. The van der Waals surface area contributed by atoms with Crippen LogP contribution in [-0.4, -0.2) is 27.4 Å². The molecule has 0 heterocycles. The maximum Gasteiger partial charge on any atom is 0.312 e. The Labute approximate surface area is 106 Å². The molecule has 1 unspecified atom stereocenters. The van der Waals surface area contributed by atoms with Crippen molar-refractivity contribution in [3.8, 4) is 17.2 Å². The largest absolute Gasteiger partial charge is 0.493 e. The Morgan fingerprint density at radius 2 is 1.67 bits per heavy atom. The van der Waals surface area contributed by atoms with Crippen molar-refractivity contribution in [2.45, 2.75) is 13.0 Å². The van der Waals surface area contributed by atoms with Crippen molar-refractivity contribution in [3.05, 3.63) is 17.7 Å². The first kappa shape index (κ1) is 14.0. The van der Waals surface area contributed by atoms with Crippen LogP contribution in [0.2, 0.25) is 0 Å². The van der Waals surface area contributed by atoms with Gasteiger partial charge in [-0.3, -0.25) is 0 Å². The van der Waals surface area contributed by atoms with Crippen molar-refractivity contribution in [2.24, 2.45) is 5.73 Å². The van der Waals surface area contributed by atoms with Crippen molar-refractivity contribution in [3.63, 3.8) is 0 Å². The maximum atomic E-state index is 10.8. The molecule has 6 nitrogen and oxygen atoms in total. The summed E-state index contributed by atoms with van der Waals surface area (Å²) in [6.45, 7) is 1.81. The van der Waals surface area contributed by atoms with Crippen molar-refractivity contribution < 1.29 is 19.0 Å². The fraction of sp³-hybridized carbons (Fsp3) is 0.417. The minimum absolute atomic E-state index is 0.254. The van der Waals surface area contributed by atoms with E-state index in [1.165, 1.54) is 21.3 Å². The van der Waals surface area contributed by atoms with Gasteiger partial charge in [0, 0.05) is 0 Å². The molecule has 0 aliphatic heterocycles. The zero-order valence-corrected chi connectivity index (χ0v) is 10.9.